The number of rotatable bonds is 5. The summed E-state index contributed by atoms with van der Waals surface area (Å²) in [7, 11) is 3.56. The Morgan fingerprint density at radius 3 is 2.74 bits per heavy atom. The first-order chi connectivity index (χ1) is 9.13. The van der Waals surface area contributed by atoms with Crippen LogP contribution in [0.25, 0.3) is 0 Å². The number of methoxy groups -OCH3 is 1. The lowest BCUT2D eigenvalue weighted by atomic mass is 10.0. The zero-order valence-electron chi connectivity index (χ0n) is 10.7. The molecule has 102 valence electrons. The van der Waals surface area contributed by atoms with E-state index in [4.69, 9.17) is 20.8 Å². The van der Waals surface area contributed by atoms with Gasteiger partial charge < -0.3 is 14.5 Å². The third-order valence-electron chi connectivity index (χ3n) is 2.96. The maximum atomic E-state index is 5.82. The molecule has 0 saturated carbocycles. The zero-order chi connectivity index (χ0) is 13.8. The molecule has 0 amide bonds. The highest BCUT2D eigenvalue weighted by atomic mass is 79.9. The van der Waals surface area contributed by atoms with Crippen LogP contribution in [0.2, 0.25) is 5.22 Å². The van der Waals surface area contributed by atoms with Gasteiger partial charge in [0.15, 0.2) is 5.22 Å². The van der Waals surface area contributed by atoms with E-state index < -0.39 is 0 Å². The Balaban J connectivity index is 2.23. The van der Waals surface area contributed by atoms with Crippen LogP contribution in [0.1, 0.15) is 17.4 Å². The van der Waals surface area contributed by atoms with Crippen LogP contribution in [0, 0.1) is 0 Å². The van der Waals surface area contributed by atoms with Crippen molar-refractivity contribution in [3.63, 3.8) is 0 Å². The van der Waals surface area contributed by atoms with E-state index in [1.807, 2.05) is 31.3 Å². The molecule has 1 heterocycles. The Kier molecular flexibility index (Phi) is 4.91. The first kappa shape index (κ1) is 14.4. The Hall–Kier alpha value is -0.970. The largest absolute Gasteiger partial charge is 0.497 e. The molecular weight excluding hydrogens is 330 g/mol. The van der Waals surface area contributed by atoms with Crippen LogP contribution in [0.4, 0.5) is 0 Å². The lowest BCUT2D eigenvalue weighted by molar-refractivity contribution is 0.411. The number of likely N-dealkylation sites (N-methyl/N-ethyl adjacent to an activating group) is 1. The number of halogens is 2. The van der Waals surface area contributed by atoms with E-state index in [1.165, 1.54) is 0 Å². The molecule has 5 heteroatoms. The first-order valence-corrected chi connectivity index (χ1v) is 7.06. The topological polar surface area (TPSA) is 34.4 Å². The summed E-state index contributed by atoms with van der Waals surface area (Å²) in [6, 6.07) is 9.62. The summed E-state index contributed by atoms with van der Waals surface area (Å²) in [6.07, 6.45) is 0.776. The Bertz CT molecular complexity index is 556. The predicted molar refractivity (Wildman–Crippen MR) is 79.9 cm³/mol. The molecule has 0 radical (unpaired) electrons. The molecule has 2 rings (SSSR count). The van der Waals surface area contributed by atoms with Crippen molar-refractivity contribution in [2.75, 3.05) is 14.2 Å². The van der Waals surface area contributed by atoms with Crippen molar-refractivity contribution in [2.45, 2.75) is 12.5 Å². The van der Waals surface area contributed by atoms with Crippen molar-refractivity contribution in [3.8, 4) is 5.75 Å². The molecule has 0 aliphatic rings. The SMILES string of the molecule is CNC(Cc1cc(OC)ccc1Br)c1ccc(Cl)o1. The van der Waals surface area contributed by atoms with E-state index >= 15 is 0 Å². The van der Waals surface area contributed by atoms with Crippen LogP contribution >= 0.6 is 27.5 Å². The maximum absolute atomic E-state index is 5.82. The Morgan fingerprint density at radius 2 is 2.16 bits per heavy atom. The Morgan fingerprint density at radius 1 is 1.37 bits per heavy atom. The Labute approximate surface area is 126 Å². The highest BCUT2D eigenvalue weighted by Crippen LogP contribution is 2.28. The van der Waals surface area contributed by atoms with Gasteiger partial charge in [-0.05, 0) is 61.0 Å². The molecule has 19 heavy (non-hydrogen) atoms. The van der Waals surface area contributed by atoms with Crippen molar-refractivity contribution in [3.05, 3.63) is 51.3 Å². The van der Waals surface area contributed by atoms with Crippen LogP contribution in [-0.2, 0) is 6.42 Å². The zero-order valence-corrected chi connectivity index (χ0v) is 13.1. The minimum atomic E-state index is 0.0657. The van der Waals surface area contributed by atoms with Gasteiger partial charge in [-0.25, -0.2) is 0 Å². The van der Waals surface area contributed by atoms with E-state index in [-0.39, 0.29) is 6.04 Å². The summed E-state index contributed by atoms with van der Waals surface area (Å²) in [6.45, 7) is 0. The second kappa shape index (κ2) is 6.46. The smallest absolute Gasteiger partial charge is 0.193 e. The van der Waals surface area contributed by atoms with Gasteiger partial charge in [0.2, 0.25) is 0 Å². The molecule has 1 N–H and O–H groups in total. The van der Waals surface area contributed by atoms with E-state index in [9.17, 15) is 0 Å². The van der Waals surface area contributed by atoms with Gasteiger partial charge in [-0.1, -0.05) is 15.9 Å². The number of ether oxygens (including phenoxy) is 1. The van der Waals surface area contributed by atoms with Crippen molar-refractivity contribution in [1.82, 2.24) is 5.32 Å². The summed E-state index contributed by atoms with van der Waals surface area (Å²) < 4.78 is 11.8. The summed E-state index contributed by atoms with van der Waals surface area (Å²) in [5.41, 5.74) is 1.14. The van der Waals surface area contributed by atoms with Crippen molar-refractivity contribution < 1.29 is 9.15 Å². The van der Waals surface area contributed by atoms with Gasteiger partial charge in [-0.3, -0.25) is 0 Å². The molecule has 0 aliphatic carbocycles. The minimum Gasteiger partial charge on any atom is -0.497 e. The summed E-state index contributed by atoms with van der Waals surface area (Å²) in [4.78, 5) is 0. The highest BCUT2D eigenvalue weighted by Gasteiger charge is 2.16. The van der Waals surface area contributed by atoms with Crippen molar-refractivity contribution in [1.29, 1.82) is 0 Å². The second-order valence-electron chi connectivity index (χ2n) is 4.14. The normalized spacial score (nSPS) is 12.4. The molecule has 0 fully saturated rings. The monoisotopic (exact) mass is 343 g/mol. The fraction of sp³-hybridized carbons (Fsp3) is 0.286. The van der Waals surface area contributed by atoms with Crippen molar-refractivity contribution in [2.24, 2.45) is 0 Å². The van der Waals surface area contributed by atoms with Gasteiger partial charge >= 0.3 is 0 Å². The minimum absolute atomic E-state index is 0.0657. The van der Waals surface area contributed by atoms with E-state index in [2.05, 4.69) is 21.2 Å². The highest BCUT2D eigenvalue weighted by molar-refractivity contribution is 9.10. The van der Waals surface area contributed by atoms with E-state index in [0.717, 1.165) is 28.0 Å². The number of hydrogen-bond acceptors (Lipinski definition) is 3. The van der Waals surface area contributed by atoms with Gasteiger partial charge in [0, 0.05) is 4.47 Å². The summed E-state index contributed by atoms with van der Waals surface area (Å²) in [5, 5.41) is 3.63. The fourth-order valence-corrected chi connectivity index (χ4v) is 2.48. The van der Waals surface area contributed by atoms with E-state index in [0.29, 0.717) is 5.22 Å². The van der Waals surface area contributed by atoms with Crippen LogP contribution in [0.5, 0.6) is 5.75 Å². The number of furan rings is 1. The average molecular weight is 345 g/mol. The average Bonchev–Trinajstić information content (AvgIpc) is 2.84. The molecule has 1 unspecified atom stereocenters. The van der Waals surface area contributed by atoms with Gasteiger partial charge in [0.05, 0.1) is 13.2 Å². The third kappa shape index (κ3) is 3.53. The summed E-state index contributed by atoms with van der Waals surface area (Å²) >= 11 is 9.37. The molecule has 0 spiro atoms. The third-order valence-corrected chi connectivity index (χ3v) is 3.94. The number of nitrogens with one attached hydrogen (secondary N) is 1. The molecule has 0 bridgehead atoms. The predicted octanol–water partition coefficient (Wildman–Crippen LogP) is 4.21. The molecule has 1 aromatic carbocycles. The lowest BCUT2D eigenvalue weighted by Crippen LogP contribution is -2.18. The fourth-order valence-electron chi connectivity index (χ4n) is 1.91. The van der Waals surface area contributed by atoms with E-state index in [1.54, 1.807) is 13.2 Å². The van der Waals surface area contributed by atoms with Crippen LogP contribution in [-0.4, -0.2) is 14.2 Å². The van der Waals surface area contributed by atoms with Crippen LogP contribution in [0.15, 0.2) is 39.2 Å². The number of hydrogen-bond donors (Lipinski definition) is 1. The van der Waals surface area contributed by atoms with Gasteiger partial charge in [0.25, 0.3) is 0 Å². The van der Waals surface area contributed by atoms with Gasteiger partial charge in [-0.15, -0.1) is 0 Å². The molecule has 1 aromatic heterocycles. The molecule has 0 saturated heterocycles. The first-order valence-electron chi connectivity index (χ1n) is 5.89. The molecule has 1 atom stereocenters. The lowest BCUT2D eigenvalue weighted by Gasteiger charge is -2.15. The van der Waals surface area contributed by atoms with Gasteiger partial charge in [-0.2, -0.15) is 0 Å². The molecular formula is C14H15BrClNO2. The van der Waals surface area contributed by atoms with Crippen molar-refractivity contribution >= 4 is 27.5 Å². The second-order valence-corrected chi connectivity index (χ2v) is 5.37. The quantitative estimate of drug-likeness (QED) is 0.882. The maximum Gasteiger partial charge on any atom is 0.193 e. The standard InChI is InChI=1S/C14H15BrClNO2/c1-17-12(13-5-6-14(16)19-13)8-9-7-10(18-2)3-4-11(9)15/h3-7,12,17H,8H2,1-2H3. The van der Waals surface area contributed by atoms with Gasteiger partial charge in [0.1, 0.15) is 11.5 Å². The number of benzene rings is 1. The molecule has 2 aromatic rings. The van der Waals surface area contributed by atoms with Crippen LogP contribution < -0.4 is 10.1 Å². The van der Waals surface area contributed by atoms with Crippen LogP contribution in [0.3, 0.4) is 0 Å². The summed E-state index contributed by atoms with van der Waals surface area (Å²) in [5.74, 6) is 1.66. The molecule has 3 nitrogen and oxygen atoms in total. The molecule has 0 aliphatic heterocycles.